The molecule has 0 aliphatic carbocycles. The van der Waals surface area contributed by atoms with Gasteiger partial charge in [-0.15, -0.1) is 0 Å². The molecule has 0 heterocycles. The van der Waals surface area contributed by atoms with Crippen LogP contribution in [-0.4, -0.2) is 14.1 Å². The van der Waals surface area contributed by atoms with E-state index in [0.29, 0.717) is 0 Å². The normalized spacial score (nSPS) is 11.0. The molecule has 128 valence electrons. The highest BCUT2D eigenvalue weighted by Gasteiger charge is 2.09. The van der Waals surface area contributed by atoms with Crippen LogP contribution in [0.5, 0.6) is 0 Å². The third kappa shape index (κ3) is 2.58. The molecular formula is C26H19N. The summed E-state index contributed by atoms with van der Waals surface area (Å²) in [5.41, 5.74) is 3.30. The van der Waals surface area contributed by atoms with E-state index >= 15 is 0 Å². The van der Waals surface area contributed by atoms with E-state index in [2.05, 4.69) is 95.6 Å². The lowest BCUT2D eigenvalue weighted by Crippen LogP contribution is -2.07. The smallest absolute Gasteiger partial charge is 0.0361 e. The van der Waals surface area contributed by atoms with Gasteiger partial charge in [0.1, 0.15) is 0 Å². The molecule has 5 aromatic rings. The lowest BCUT2D eigenvalue weighted by Gasteiger charge is -2.12. The lowest BCUT2D eigenvalue weighted by atomic mass is 9.92. The molecule has 1 heteroatoms. The quantitative estimate of drug-likeness (QED) is 0.264. The van der Waals surface area contributed by atoms with Gasteiger partial charge < -0.3 is 4.90 Å². The number of benzene rings is 5. The second kappa shape index (κ2) is 6.04. The number of rotatable bonds is 1. The van der Waals surface area contributed by atoms with E-state index in [4.69, 9.17) is 0 Å². The Hall–Kier alpha value is -3.50. The van der Waals surface area contributed by atoms with E-state index in [1.54, 1.807) is 0 Å². The molecule has 0 radical (unpaired) electrons. The summed E-state index contributed by atoms with van der Waals surface area (Å²) in [6, 6.07) is 28.0. The molecule has 27 heavy (non-hydrogen) atoms. The van der Waals surface area contributed by atoms with Crippen molar-refractivity contribution in [3.8, 4) is 11.8 Å². The topological polar surface area (TPSA) is 3.24 Å². The summed E-state index contributed by atoms with van der Waals surface area (Å²) < 4.78 is 0. The first-order valence-electron chi connectivity index (χ1n) is 9.17. The Labute approximate surface area is 159 Å². The van der Waals surface area contributed by atoms with Crippen molar-refractivity contribution in [2.75, 3.05) is 19.0 Å². The Morgan fingerprint density at radius 3 is 1.93 bits per heavy atom. The minimum Gasteiger partial charge on any atom is -0.378 e. The third-order valence-corrected chi connectivity index (χ3v) is 5.25. The zero-order valence-corrected chi connectivity index (χ0v) is 15.5. The predicted molar refractivity (Wildman–Crippen MR) is 117 cm³/mol. The summed E-state index contributed by atoms with van der Waals surface area (Å²) in [5, 5.41) is 7.74. The van der Waals surface area contributed by atoms with Crippen molar-refractivity contribution >= 4 is 38.0 Å². The summed E-state index contributed by atoms with van der Waals surface area (Å²) >= 11 is 0. The number of hydrogen-bond donors (Lipinski definition) is 0. The number of hydrogen-bond acceptors (Lipinski definition) is 1. The van der Waals surface area contributed by atoms with E-state index in [1.165, 1.54) is 38.0 Å². The molecule has 0 amide bonds. The van der Waals surface area contributed by atoms with E-state index < -0.39 is 0 Å². The van der Waals surface area contributed by atoms with Crippen molar-refractivity contribution in [1.29, 1.82) is 0 Å². The first-order chi connectivity index (χ1) is 13.2. The van der Waals surface area contributed by atoms with Crippen LogP contribution in [-0.2, 0) is 0 Å². The molecule has 5 rings (SSSR count). The second-order valence-corrected chi connectivity index (χ2v) is 7.16. The van der Waals surface area contributed by atoms with Crippen molar-refractivity contribution in [2.45, 2.75) is 0 Å². The summed E-state index contributed by atoms with van der Waals surface area (Å²) in [6.45, 7) is 0. The Kier molecular flexibility index (Phi) is 3.52. The van der Waals surface area contributed by atoms with E-state index in [-0.39, 0.29) is 0 Å². The zero-order chi connectivity index (χ0) is 18.4. The molecule has 0 bridgehead atoms. The minimum atomic E-state index is 1.03. The van der Waals surface area contributed by atoms with Gasteiger partial charge in [-0.05, 0) is 62.6 Å². The van der Waals surface area contributed by atoms with Crippen LogP contribution in [0, 0.1) is 11.8 Å². The molecule has 0 N–H and O–H groups in total. The first-order valence-corrected chi connectivity index (χ1v) is 9.17. The number of nitrogens with zero attached hydrogens (tertiary/aromatic N) is 1. The zero-order valence-electron chi connectivity index (χ0n) is 15.5. The molecule has 0 spiro atoms. The molecule has 0 atom stereocenters. The summed E-state index contributed by atoms with van der Waals surface area (Å²) in [4.78, 5) is 2.10. The van der Waals surface area contributed by atoms with Gasteiger partial charge in [-0.1, -0.05) is 60.4 Å². The van der Waals surface area contributed by atoms with Crippen molar-refractivity contribution in [3.63, 3.8) is 0 Å². The van der Waals surface area contributed by atoms with Crippen molar-refractivity contribution in [3.05, 3.63) is 90.0 Å². The van der Waals surface area contributed by atoms with Crippen LogP contribution in [0.4, 0.5) is 5.69 Å². The largest absolute Gasteiger partial charge is 0.378 e. The average molecular weight is 345 g/mol. The molecule has 0 saturated carbocycles. The highest BCUT2D eigenvalue weighted by Crippen LogP contribution is 2.35. The fraction of sp³-hybridized carbons (Fsp3) is 0.0769. The van der Waals surface area contributed by atoms with Crippen LogP contribution < -0.4 is 4.90 Å². The van der Waals surface area contributed by atoms with E-state index in [9.17, 15) is 0 Å². The van der Waals surface area contributed by atoms with Gasteiger partial charge in [-0.3, -0.25) is 0 Å². The number of anilines is 1. The highest BCUT2D eigenvalue weighted by molar-refractivity contribution is 6.23. The first kappa shape index (κ1) is 15.7. The molecule has 0 aliphatic heterocycles. The van der Waals surface area contributed by atoms with Crippen molar-refractivity contribution in [2.24, 2.45) is 0 Å². The van der Waals surface area contributed by atoms with Gasteiger partial charge >= 0.3 is 0 Å². The molecule has 0 aromatic heterocycles. The summed E-state index contributed by atoms with van der Waals surface area (Å²) in [7, 11) is 4.09. The van der Waals surface area contributed by atoms with Crippen LogP contribution in [0.1, 0.15) is 11.1 Å². The second-order valence-electron chi connectivity index (χ2n) is 7.16. The maximum Gasteiger partial charge on any atom is 0.0361 e. The fourth-order valence-electron chi connectivity index (χ4n) is 3.83. The molecule has 0 fully saturated rings. The Balaban J connectivity index is 1.68. The Morgan fingerprint density at radius 1 is 0.593 bits per heavy atom. The van der Waals surface area contributed by atoms with Gasteiger partial charge in [-0.25, -0.2) is 0 Å². The average Bonchev–Trinajstić information content (AvgIpc) is 2.71. The fourth-order valence-corrected chi connectivity index (χ4v) is 3.83. The van der Waals surface area contributed by atoms with Crippen LogP contribution in [0.15, 0.2) is 78.9 Å². The molecule has 5 aromatic carbocycles. The molecule has 1 nitrogen and oxygen atoms in total. The van der Waals surface area contributed by atoms with Crippen LogP contribution in [0.3, 0.4) is 0 Å². The van der Waals surface area contributed by atoms with Crippen LogP contribution in [0.2, 0.25) is 0 Å². The molecule has 0 aliphatic rings. The predicted octanol–water partition coefficient (Wildman–Crippen LogP) is 6.05. The highest BCUT2D eigenvalue weighted by atomic mass is 15.1. The van der Waals surface area contributed by atoms with Gasteiger partial charge in [0.15, 0.2) is 0 Å². The SMILES string of the molecule is CN(C)c1ccc(C#Cc2ccc3ccc4cccc5ccc2c3c45)cc1. The lowest BCUT2D eigenvalue weighted by molar-refractivity contribution is 1.13. The summed E-state index contributed by atoms with van der Waals surface area (Å²) in [5.74, 6) is 6.73. The van der Waals surface area contributed by atoms with Crippen molar-refractivity contribution in [1.82, 2.24) is 0 Å². The van der Waals surface area contributed by atoms with Crippen LogP contribution >= 0.6 is 0 Å². The van der Waals surface area contributed by atoms with E-state index in [1.807, 2.05) is 14.1 Å². The van der Waals surface area contributed by atoms with E-state index in [0.717, 1.165) is 11.1 Å². The standard InChI is InChI=1S/C26H19N/c1-27(2)23-15-7-18(8-16-23)6-9-19-10-11-22-13-12-20-4-3-5-21-14-17-24(19)26(22)25(20)21/h3-5,7-8,10-17H,1-2H3. The van der Waals surface area contributed by atoms with Gasteiger partial charge in [-0.2, -0.15) is 0 Å². The maximum absolute atomic E-state index is 3.40. The van der Waals surface area contributed by atoms with Crippen molar-refractivity contribution < 1.29 is 0 Å². The third-order valence-electron chi connectivity index (χ3n) is 5.25. The van der Waals surface area contributed by atoms with Gasteiger partial charge in [0, 0.05) is 30.9 Å². The monoisotopic (exact) mass is 345 g/mol. The van der Waals surface area contributed by atoms with Gasteiger partial charge in [0.2, 0.25) is 0 Å². The molecular weight excluding hydrogens is 326 g/mol. The Bertz CT molecular complexity index is 1320. The van der Waals surface area contributed by atoms with Crippen LogP contribution in [0.25, 0.3) is 32.3 Å². The van der Waals surface area contributed by atoms with Gasteiger partial charge in [0.05, 0.1) is 0 Å². The van der Waals surface area contributed by atoms with Gasteiger partial charge in [0.25, 0.3) is 0 Å². The summed E-state index contributed by atoms with van der Waals surface area (Å²) in [6.07, 6.45) is 0. The molecule has 0 saturated heterocycles. The molecule has 0 unspecified atom stereocenters. The maximum atomic E-state index is 3.40. The minimum absolute atomic E-state index is 1.03. The Morgan fingerprint density at radius 2 is 1.22 bits per heavy atom.